The highest BCUT2D eigenvalue weighted by Gasteiger charge is 2.18. The summed E-state index contributed by atoms with van der Waals surface area (Å²) in [5.41, 5.74) is 5.20. The number of hydrogen-bond donors (Lipinski definition) is 1. The smallest absolute Gasteiger partial charge is 0.00438 e. The summed E-state index contributed by atoms with van der Waals surface area (Å²) in [7, 11) is 0. The number of fused-ring (bicyclic) bond motifs is 1. The van der Waals surface area contributed by atoms with Gasteiger partial charge in [0.2, 0.25) is 0 Å². The molecule has 0 unspecified atom stereocenters. The molecule has 0 amide bonds. The molecule has 1 aliphatic carbocycles. The molecule has 112 valence electrons. The third-order valence-corrected chi connectivity index (χ3v) is 4.66. The second kappa shape index (κ2) is 7.26. The molecule has 0 aliphatic heterocycles. The number of rotatable bonds is 8. The van der Waals surface area contributed by atoms with Crippen LogP contribution in [0.25, 0.3) is 0 Å². The van der Waals surface area contributed by atoms with Crippen molar-refractivity contribution in [3.8, 4) is 0 Å². The molecule has 0 saturated heterocycles. The van der Waals surface area contributed by atoms with E-state index in [1.165, 1.54) is 44.9 Å². The van der Waals surface area contributed by atoms with Gasteiger partial charge in [0.05, 0.1) is 0 Å². The first-order valence-electron chi connectivity index (χ1n) is 8.42. The van der Waals surface area contributed by atoms with E-state index in [0.717, 1.165) is 13.1 Å². The van der Waals surface area contributed by atoms with Gasteiger partial charge in [-0.2, -0.15) is 0 Å². The molecule has 0 fully saturated rings. The summed E-state index contributed by atoms with van der Waals surface area (Å²) in [6.45, 7) is 9.36. The fraction of sp³-hybridized carbons (Fsp3) is 0.684. The van der Waals surface area contributed by atoms with E-state index < -0.39 is 0 Å². The average Bonchev–Trinajstić information content (AvgIpc) is 2.89. The summed E-state index contributed by atoms with van der Waals surface area (Å²) in [4.78, 5) is 0. The van der Waals surface area contributed by atoms with E-state index in [4.69, 9.17) is 0 Å². The van der Waals surface area contributed by atoms with Crippen LogP contribution >= 0.6 is 0 Å². The number of nitrogens with one attached hydrogen (secondary N) is 1. The van der Waals surface area contributed by atoms with E-state index in [9.17, 15) is 0 Å². The second-order valence-corrected chi connectivity index (χ2v) is 7.12. The van der Waals surface area contributed by atoms with E-state index in [0.29, 0.717) is 5.41 Å². The third-order valence-electron chi connectivity index (χ3n) is 4.66. The van der Waals surface area contributed by atoms with Gasteiger partial charge in [-0.05, 0) is 80.1 Å². The fourth-order valence-corrected chi connectivity index (χ4v) is 3.12. The van der Waals surface area contributed by atoms with Crippen LogP contribution in [0.15, 0.2) is 18.2 Å². The van der Waals surface area contributed by atoms with Crippen LogP contribution in [0.1, 0.15) is 63.1 Å². The summed E-state index contributed by atoms with van der Waals surface area (Å²) in [5.74, 6) is 0. The van der Waals surface area contributed by atoms with Crippen molar-refractivity contribution in [3.63, 3.8) is 0 Å². The van der Waals surface area contributed by atoms with Crippen molar-refractivity contribution in [2.45, 2.75) is 65.7 Å². The lowest BCUT2D eigenvalue weighted by atomic mass is 9.83. The Labute approximate surface area is 125 Å². The van der Waals surface area contributed by atoms with Gasteiger partial charge in [0, 0.05) is 0 Å². The average molecular weight is 273 g/mol. The number of aryl methyl sites for hydroxylation is 3. The van der Waals surface area contributed by atoms with E-state index in [1.54, 1.807) is 16.7 Å². The Morgan fingerprint density at radius 2 is 1.85 bits per heavy atom. The Balaban J connectivity index is 1.78. The van der Waals surface area contributed by atoms with Crippen molar-refractivity contribution in [1.82, 2.24) is 5.32 Å². The molecular formula is C19H31N. The molecule has 0 saturated carbocycles. The largest absolute Gasteiger partial charge is 0.317 e. The van der Waals surface area contributed by atoms with Crippen LogP contribution in [0.2, 0.25) is 0 Å². The Morgan fingerprint density at radius 3 is 2.65 bits per heavy atom. The molecule has 0 aromatic heterocycles. The summed E-state index contributed by atoms with van der Waals surface area (Å²) >= 11 is 0. The molecule has 0 radical (unpaired) electrons. The normalized spacial score (nSPS) is 14.6. The lowest BCUT2D eigenvalue weighted by molar-refractivity contribution is 0.302. The summed E-state index contributed by atoms with van der Waals surface area (Å²) in [5, 5.41) is 3.52. The quantitative estimate of drug-likeness (QED) is 0.686. The molecule has 1 aromatic carbocycles. The Kier molecular flexibility index (Phi) is 5.65. The van der Waals surface area contributed by atoms with Gasteiger partial charge < -0.3 is 5.32 Å². The van der Waals surface area contributed by atoms with Crippen molar-refractivity contribution in [2.75, 3.05) is 13.1 Å². The molecule has 1 N–H and O–H groups in total. The predicted octanol–water partition coefficient (Wildman–Crippen LogP) is 4.52. The molecule has 1 heteroatoms. The van der Waals surface area contributed by atoms with Crippen molar-refractivity contribution >= 4 is 0 Å². The van der Waals surface area contributed by atoms with Crippen LogP contribution in [-0.4, -0.2) is 13.1 Å². The Bertz CT molecular complexity index is 420. The lowest BCUT2D eigenvalue weighted by Crippen LogP contribution is -2.23. The van der Waals surface area contributed by atoms with Crippen molar-refractivity contribution in [3.05, 3.63) is 34.9 Å². The lowest BCUT2D eigenvalue weighted by Gasteiger charge is -2.25. The van der Waals surface area contributed by atoms with Crippen molar-refractivity contribution in [1.29, 1.82) is 0 Å². The molecule has 0 spiro atoms. The molecule has 1 nitrogen and oxygen atoms in total. The SMILES string of the molecule is CCCNCCC(C)(C)CCc1ccc2c(c1)CCC2. The summed E-state index contributed by atoms with van der Waals surface area (Å²) < 4.78 is 0. The van der Waals surface area contributed by atoms with E-state index in [-0.39, 0.29) is 0 Å². The molecule has 20 heavy (non-hydrogen) atoms. The highest BCUT2D eigenvalue weighted by Crippen LogP contribution is 2.28. The van der Waals surface area contributed by atoms with Crippen LogP contribution in [0.3, 0.4) is 0 Å². The van der Waals surface area contributed by atoms with Crippen LogP contribution < -0.4 is 5.32 Å². The van der Waals surface area contributed by atoms with Crippen molar-refractivity contribution in [2.24, 2.45) is 5.41 Å². The van der Waals surface area contributed by atoms with Gasteiger partial charge in [0.1, 0.15) is 0 Å². The van der Waals surface area contributed by atoms with E-state index in [1.807, 2.05) is 0 Å². The maximum atomic E-state index is 3.52. The molecular weight excluding hydrogens is 242 g/mol. The van der Waals surface area contributed by atoms with Gasteiger partial charge >= 0.3 is 0 Å². The zero-order chi connectivity index (χ0) is 14.4. The molecule has 2 rings (SSSR count). The van der Waals surface area contributed by atoms with Gasteiger partial charge in [-0.15, -0.1) is 0 Å². The first kappa shape index (κ1) is 15.6. The Hall–Kier alpha value is -0.820. The molecule has 1 aliphatic rings. The van der Waals surface area contributed by atoms with Crippen LogP contribution in [0.5, 0.6) is 0 Å². The maximum absolute atomic E-state index is 3.52. The van der Waals surface area contributed by atoms with Gasteiger partial charge in [-0.3, -0.25) is 0 Å². The Morgan fingerprint density at radius 1 is 1.05 bits per heavy atom. The summed E-state index contributed by atoms with van der Waals surface area (Å²) in [6, 6.07) is 7.19. The first-order chi connectivity index (χ1) is 9.61. The zero-order valence-corrected chi connectivity index (χ0v) is 13.6. The van der Waals surface area contributed by atoms with Gasteiger partial charge in [-0.25, -0.2) is 0 Å². The monoisotopic (exact) mass is 273 g/mol. The minimum Gasteiger partial charge on any atom is -0.317 e. The van der Waals surface area contributed by atoms with Crippen molar-refractivity contribution < 1.29 is 0 Å². The van der Waals surface area contributed by atoms with Gasteiger partial charge in [-0.1, -0.05) is 39.0 Å². The summed E-state index contributed by atoms with van der Waals surface area (Å²) in [6.07, 6.45) is 8.98. The standard InChI is InChI=1S/C19H31N/c1-4-13-20-14-12-19(2,3)11-10-16-8-9-17-6-5-7-18(17)15-16/h8-9,15,20H,4-7,10-14H2,1-3H3. The zero-order valence-electron chi connectivity index (χ0n) is 13.6. The fourth-order valence-electron chi connectivity index (χ4n) is 3.12. The first-order valence-corrected chi connectivity index (χ1v) is 8.42. The highest BCUT2D eigenvalue weighted by atomic mass is 14.8. The molecule has 0 bridgehead atoms. The minimum atomic E-state index is 0.444. The molecule has 0 atom stereocenters. The highest BCUT2D eigenvalue weighted by molar-refractivity contribution is 5.35. The second-order valence-electron chi connectivity index (χ2n) is 7.12. The molecule has 0 heterocycles. The van der Waals surface area contributed by atoms with Gasteiger partial charge in [0.25, 0.3) is 0 Å². The minimum absolute atomic E-state index is 0.444. The number of hydrogen-bond acceptors (Lipinski definition) is 1. The van der Waals surface area contributed by atoms with Crippen LogP contribution in [0.4, 0.5) is 0 Å². The van der Waals surface area contributed by atoms with Crippen LogP contribution in [-0.2, 0) is 19.3 Å². The van der Waals surface area contributed by atoms with E-state index in [2.05, 4.69) is 44.3 Å². The third kappa shape index (κ3) is 4.63. The topological polar surface area (TPSA) is 12.0 Å². The van der Waals surface area contributed by atoms with E-state index >= 15 is 0 Å². The van der Waals surface area contributed by atoms with Crippen LogP contribution in [0, 0.1) is 5.41 Å². The molecule has 1 aromatic rings. The predicted molar refractivity (Wildman–Crippen MR) is 88.3 cm³/mol. The maximum Gasteiger partial charge on any atom is -0.00438 e. The number of benzene rings is 1. The van der Waals surface area contributed by atoms with Gasteiger partial charge in [0.15, 0.2) is 0 Å².